The lowest BCUT2D eigenvalue weighted by Gasteiger charge is -2.32. The van der Waals surface area contributed by atoms with Gasteiger partial charge in [-0.25, -0.2) is 4.68 Å². The van der Waals surface area contributed by atoms with E-state index < -0.39 is 0 Å². The van der Waals surface area contributed by atoms with Crippen molar-refractivity contribution in [3.63, 3.8) is 0 Å². The van der Waals surface area contributed by atoms with Crippen LogP contribution in [-0.2, 0) is 17.9 Å². The molecule has 0 unspecified atom stereocenters. The van der Waals surface area contributed by atoms with Gasteiger partial charge in [-0.3, -0.25) is 9.78 Å². The molecule has 7 nitrogen and oxygen atoms in total. The summed E-state index contributed by atoms with van der Waals surface area (Å²) in [5, 5.41) is 8.25. The highest BCUT2D eigenvalue weighted by Gasteiger charge is 2.26. The standard InChI is InChI=1S/C22H25N5O2/c1-17-6-2-3-8-19(17)13-27-15-21(24-25-27)22(28)26-11-5-9-20(14-26)29-16-18-7-4-10-23-12-18/h2-4,6-8,10,12,15,20H,5,9,11,13-14,16H2,1H3/t20-/m0/s1. The number of rotatable bonds is 6. The molecule has 0 bridgehead atoms. The van der Waals surface area contributed by atoms with Gasteiger partial charge in [0.1, 0.15) is 0 Å². The van der Waals surface area contributed by atoms with E-state index in [0.29, 0.717) is 25.4 Å². The summed E-state index contributed by atoms with van der Waals surface area (Å²) in [6.07, 6.45) is 7.17. The SMILES string of the molecule is Cc1ccccc1Cn1cc(C(=O)N2CCC[C@H](OCc3cccnc3)C2)nn1. The first-order chi connectivity index (χ1) is 14.2. The molecule has 1 aromatic carbocycles. The zero-order chi connectivity index (χ0) is 20.1. The van der Waals surface area contributed by atoms with Gasteiger partial charge >= 0.3 is 0 Å². The Morgan fingerprint density at radius 3 is 2.97 bits per heavy atom. The molecule has 3 heterocycles. The lowest BCUT2D eigenvalue weighted by molar-refractivity contribution is -0.00697. The van der Waals surface area contributed by atoms with E-state index in [4.69, 9.17) is 4.74 Å². The summed E-state index contributed by atoms with van der Waals surface area (Å²) in [4.78, 5) is 18.8. The van der Waals surface area contributed by atoms with Crippen LogP contribution in [0.15, 0.2) is 55.0 Å². The maximum Gasteiger partial charge on any atom is 0.276 e. The zero-order valence-electron chi connectivity index (χ0n) is 16.6. The normalized spacial score (nSPS) is 16.7. The van der Waals surface area contributed by atoms with Crippen molar-refractivity contribution in [1.29, 1.82) is 0 Å². The second-order valence-electron chi connectivity index (χ2n) is 7.42. The number of hydrogen-bond acceptors (Lipinski definition) is 5. The molecule has 1 atom stereocenters. The Bertz CT molecular complexity index is 957. The van der Waals surface area contributed by atoms with Gasteiger partial charge in [0.25, 0.3) is 5.91 Å². The van der Waals surface area contributed by atoms with Crippen LogP contribution in [0.3, 0.4) is 0 Å². The molecular weight excluding hydrogens is 366 g/mol. The highest BCUT2D eigenvalue weighted by molar-refractivity contribution is 5.92. The molecule has 0 saturated carbocycles. The first-order valence-electron chi connectivity index (χ1n) is 9.93. The van der Waals surface area contributed by atoms with E-state index in [1.807, 2.05) is 29.2 Å². The topological polar surface area (TPSA) is 73.1 Å². The molecule has 1 aliphatic rings. The first kappa shape index (κ1) is 19.3. The molecule has 0 spiro atoms. The Morgan fingerprint density at radius 2 is 2.14 bits per heavy atom. The number of hydrogen-bond donors (Lipinski definition) is 0. The molecule has 1 amide bonds. The third-order valence-electron chi connectivity index (χ3n) is 5.23. The van der Waals surface area contributed by atoms with Crippen molar-refractivity contribution < 1.29 is 9.53 Å². The minimum absolute atomic E-state index is 0.0231. The molecule has 0 radical (unpaired) electrons. The lowest BCUT2D eigenvalue weighted by Crippen LogP contribution is -2.43. The van der Waals surface area contributed by atoms with Crippen LogP contribution in [0.2, 0.25) is 0 Å². The minimum Gasteiger partial charge on any atom is -0.372 e. The predicted octanol–water partition coefficient (Wildman–Crippen LogP) is 2.85. The first-order valence-corrected chi connectivity index (χ1v) is 9.93. The van der Waals surface area contributed by atoms with Gasteiger partial charge < -0.3 is 9.64 Å². The van der Waals surface area contributed by atoms with E-state index in [2.05, 4.69) is 34.4 Å². The van der Waals surface area contributed by atoms with Gasteiger partial charge in [0.15, 0.2) is 5.69 Å². The summed E-state index contributed by atoms with van der Waals surface area (Å²) in [7, 11) is 0. The van der Waals surface area contributed by atoms with E-state index in [1.54, 1.807) is 23.3 Å². The van der Waals surface area contributed by atoms with Gasteiger partial charge in [0, 0.05) is 25.5 Å². The summed E-state index contributed by atoms with van der Waals surface area (Å²) in [6, 6.07) is 12.0. The number of carbonyl (C=O) groups excluding carboxylic acids is 1. The number of likely N-dealkylation sites (tertiary alicyclic amines) is 1. The molecule has 1 aliphatic heterocycles. The van der Waals surface area contributed by atoms with Crippen LogP contribution in [0.5, 0.6) is 0 Å². The summed E-state index contributed by atoms with van der Waals surface area (Å²) < 4.78 is 7.73. The Balaban J connectivity index is 1.35. The molecule has 0 N–H and O–H groups in total. The number of benzene rings is 1. The third kappa shape index (κ3) is 4.86. The molecule has 7 heteroatoms. The van der Waals surface area contributed by atoms with Crippen molar-refractivity contribution in [2.24, 2.45) is 0 Å². The molecule has 4 rings (SSSR count). The maximum atomic E-state index is 12.9. The minimum atomic E-state index is -0.0873. The van der Waals surface area contributed by atoms with Crippen LogP contribution in [0.25, 0.3) is 0 Å². The van der Waals surface area contributed by atoms with Gasteiger partial charge in [-0.15, -0.1) is 5.10 Å². The molecule has 29 heavy (non-hydrogen) atoms. The van der Waals surface area contributed by atoms with Crippen molar-refractivity contribution in [2.45, 2.75) is 39.0 Å². The van der Waals surface area contributed by atoms with Gasteiger partial charge in [-0.2, -0.15) is 0 Å². The van der Waals surface area contributed by atoms with Gasteiger partial charge in [0.05, 0.1) is 25.5 Å². The van der Waals surface area contributed by atoms with Crippen molar-refractivity contribution in [3.8, 4) is 0 Å². The van der Waals surface area contributed by atoms with Crippen LogP contribution < -0.4 is 0 Å². The second-order valence-corrected chi connectivity index (χ2v) is 7.42. The molecule has 2 aromatic heterocycles. The zero-order valence-corrected chi connectivity index (χ0v) is 16.6. The fourth-order valence-corrected chi connectivity index (χ4v) is 3.55. The van der Waals surface area contributed by atoms with Crippen LogP contribution in [0.4, 0.5) is 0 Å². The van der Waals surface area contributed by atoms with Gasteiger partial charge in [-0.1, -0.05) is 35.5 Å². The quantitative estimate of drug-likeness (QED) is 0.646. The number of piperidine rings is 1. The molecule has 1 fully saturated rings. The Kier molecular flexibility index (Phi) is 5.95. The van der Waals surface area contributed by atoms with E-state index in [-0.39, 0.29) is 12.0 Å². The average molecular weight is 391 g/mol. The summed E-state index contributed by atoms with van der Waals surface area (Å²) >= 11 is 0. The maximum absolute atomic E-state index is 12.9. The number of pyridine rings is 1. The number of nitrogens with zero attached hydrogens (tertiary/aromatic N) is 5. The van der Waals surface area contributed by atoms with E-state index in [9.17, 15) is 4.79 Å². The molecule has 1 saturated heterocycles. The molecule has 0 aliphatic carbocycles. The van der Waals surface area contributed by atoms with Gasteiger partial charge in [0.2, 0.25) is 0 Å². The highest BCUT2D eigenvalue weighted by Crippen LogP contribution is 2.17. The Labute approximate surface area is 170 Å². The number of aryl methyl sites for hydroxylation is 1. The summed E-state index contributed by atoms with van der Waals surface area (Å²) in [5.41, 5.74) is 3.78. The largest absolute Gasteiger partial charge is 0.372 e. The monoisotopic (exact) mass is 391 g/mol. The summed E-state index contributed by atoms with van der Waals surface area (Å²) in [5.74, 6) is -0.0873. The average Bonchev–Trinajstić information content (AvgIpc) is 3.23. The van der Waals surface area contributed by atoms with E-state index in [1.165, 1.54) is 11.1 Å². The number of ether oxygens (including phenoxy) is 1. The van der Waals surface area contributed by atoms with Crippen molar-refractivity contribution >= 4 is 5.91 Å². The fraction of sp³-hybridized carbons (Fsp3) is 0.364. The van der Waals surface area contributed by atoms with Crippen LogP contribution >= 0.6 is 0 Å². The smallest absolute Gasteiger partial charge is 0.276 e. The van der Waals surface area contributed by atoms with Crippen LogP contribution in [0, 0.1) is 6.92 Å². The van der Waals surface area contributed by atoms with Crippen molar-refractivity contribution in [1.82, 2.24) is 24.9 Å². The predicted molar refractivity (Wildman–Crippen MR) is 108 cm³/mol. The number of aromatic nitrogens is 4. The Morgan fingerprint density at radius 1 is 1.24 bits per heavy atom. The lowest BCUT2D eigenvalue weighted by atomic mass is 10.1. The summed E-state index contributed by atoms with van der Waals surface area (Å²) in [6.45, 7) is 4.47. The van der Waals surface area contributed by atoms with Gasteiger partial charge in [-0.05, 0) is 42.5 Å². The highest BCUT2D eigenvalue weighted by atomic mass is 16.5. The molecule has 3 aromatic rings. The Hall–Kier alpha value is -3.06. The number of carbonyl (C=O) groups is 1. The molecule has 150 valence electrons. The van der Waals surface area contributed by atoms with E-state index in [0.717, 1.165) is 24.9 Å². The number of amides is 1. The van der Waals surface area contributed by atoms with Crippen LogP contribution in [-0.4, -0.2) is 50.0 Å². The fourth-order valence-electron chi connectivity index (χ4n) is 3.55. The van der Waals surface area contributed by atoms with Crippen LogP contribution in [0.1, 0.15) is 40.0 Å². The third-order valence-corrected chi connectivity index (χ3v) is 5.23. The van der Waals surface area contributed by atoms with Crippen molar-refractivity contribution in [3.05, 3.63) is 77.4 Å². The van der Waals surface area contributed by atoms with E-state index >= 15 is 0 Å². The van der Waals surface area contributed by atoms with Crippen molar-refractivity contribution in [2.75, 3.05) is 13.1 Å². The second kappa shape index (κ2) is 8.96. The molecular formula is C22H25N5O2.